The molecule has 19 heavy (non-hydrogen) atoms. The number of halogens is 1. The Kier molecular flexibility index (Phi) is 3.70. The summed E-state index contributed by atoms with van der Waals surface area (Å²) in [5, 5.41) is 8.80. The molecular weight excluding hydrogens is 251 g/mol. The highest BCUT2D eigenvalue weighted by atomic mass is 19.1. The number of hydrogen-bond donors (Lipinski definition) is 1. The van der Waals surface area contributed by atoms with Crippen LogP contribution in [0.4, 0.5) is 4.39 Å². The van der Waals surface area contributed by atoms with Crippen molar-refractivity contribution in [3.8, 4) is 17.0 Å². The first-order valence-corrected chi connectivity index (χ1v) is 5.60. The highest BCUT2D eigenvalue weighted by molar-refractivity contribution is 5.87. The number of carbonyl (C=O) groups is 1. The van der Waals surface area contributed by atoms with Crippen molar-refractivity contribution in [1.29, 1.82) is 0 Å². The van der Waals surface area contributed by atoms with Gasteiger partial charge in [0.2, 0.25) is 0 Å². The number of carboxylic acids is 1. The molecule has 0 amide bonds. The first-order chi connectivity index (χ1) is 9.13. The maximum absolute atomic E-state index is 13.9. The summed E-state index contributed by atoms with van der Waals surface area (Å²) in [6.07, 6.45) is 1.03. The zero-order chi connectivity index (χ0) is 13.8. The third kappa shape index (κ3) is 2.67. The van der Waals surface area contributed by atoms with Crippen LogP contribution in [0.1, 0.15) is 17.4 Å². The highest BCUT2D eigenvalue weighted by Crippen LogP contribution is 2.24. The van der Waals surface area contributed by atoms with Crippen LogP contribution in [-0.2, 0) is 0 Å². The number of nitrogens with zero attached hydrogens (tertiary/aromatic N) is 2. The number of benzene rings is 1. The minimum absolute atomic E-state index is 0.0459. The molecule has 0 atom stereocenters. The molecule has 0 unspecified atom stereocenters. The van der Waals surface area contributed by atoms with Crippen LogP contribution < -0.4 is 4.74 Å². The first-order valence-electron chi connectivity index (χ1n) is 5.60. The molecule has 98 valence electrons. The van der Waals surface area contributed by atoms with Gasteiger partial charge in [0.25, 0.3) is 0 Å². The van der Waals surface area contributed by atoms with E-state index in [1.54, 1.807) is 24.3 Å². The lowest BCUT2D eigenvalue weighted by molar-refractivity contribution is 0.0684. The number of carboxylic acid groups (broad SMARTS) is 1. The van der Waals surface area contributed by atoms with E-state index in [0.29, 0.717) is 17.9 Å². The van der Waals surface area contributed by atoms with Crippen molar-refractivity contribution >= 4 is 5.97 Å². The van der Waals surface area contributed by atoms with Crippen LogP contribution in [-0.4, -0.2) is 27.7 Å². The predicted molar refractivity (Wildman–Crippen MR) is 65.6 cm³/mol. The second-order valence-corrected chi connectivity index (χ2v) is 3.65. The monoisotopic (exact) mass is 262 g/mol. The van der Waals surface area contributed by atoms with Crippen LogP contribution in [0, 0.1) is 5.82 Å². The maximum Gasteiger partial charge on any atom is 0.357 e. The lowest BCUT2D eigenvalue weighted by atomic mass is 10.1. The molecule has 0 fully saturated rings. The molecule has 0 saturated carbocycles. The van der Waals surface area contributed by atoms with Crippen LogP contribution >= 0.6 is 0 Å². The molecule has 1 aromatic carbocycles. The molecule has 5 nitrogen and oxygen atoms in total. The molecule has 0 radical (unpaired) electrons. The highest BCUT2D eigenvalue weighted by Gasteiger charge is 2.17. The van der Waals surface area contributed by atoms with Crippen LogP contribution in [0.3, 0.4) is 0 Å². The van der Waals surface area contributed by atoms with Gasteiger partial charge in [-0.25, -0.2) is 19.2 Å². The summed E-state index contributed by atoms with van der Waals surface area (Å²) in [6.45, 7) is 2.39. The lowest BCUT2D eigenvalue weighted by Crippen LogP contribution is -2.06. The summed E-state index contributed by atoms with van der Waals surface area (Å²) in [5.41, 5.74) is -0.222. The van der Waals surface area contributed by atoms with E-state index in [9.17, 15) is 9.18 Å². The summed E-state index contributed by atoms with van der Waals surface area (Å²) in [6, 6.07) is 6.56. The van der Waals surface area contributed by atoms with Crippen molar-refractivity contribution in [2.75, 3.05) is 6.61 Å². The molecule has 1 heterocycles. The number of hydrogen-bond acceptors (Lipinski definition) is 4. The second kappa shape index (κ2) is 5.43. The SMILES string of the molecule is CCOc1ccc(-c2ncnc(C(=O)O)c2F)cc1. The van der Waals surface area contributed by atoms with Gasteiger partial charge in [0.05, 0.1) is 6.61 Å². The quantitative estimate of drug-likeness (QED) is 0.915. The summed E-state index contributed by atoms with van der Waals surface area (Å²) in [5.74, 6) is -1.72. The van der Waals surface area contributed by atoms with Gasteiger partial charge in [-0.1, -0.05) is 0 Å². The van der Waals surface area contributed by atoms with Crippen molar-refractivity contribution in [3.05, 3.63) is 42.1 Å². The van der Waals surface area contributed by atoms with Gasteiger partial charge in [-0.3, -0.25) is 0 Å². The third-order valence-electron chi connectivity index (χ3n) is 2.43. The van der Waals surface area contributed by atoms with Gasteiger partial charge in [0.15, 0.2) is 11.5 Å². The average Bonchev–Trinajstić information content (AvgIpc) is 2.40. The number of aromatic nitrogens is 2. The van der Waals surface area contributed by atoms with Gasteiger partial charge in [-0.05, 0) is 31.2 Å². The molecule has 0 bridgehead atoms. The first kappa shape index (κ1) is 12.9. The smallest absolute Gasteiger partial charge is 0.357 e. The van der Waals surface area contributed by atoms with Crippen LogP contribution in [0.2, 0.25) is 0 Å². The summed E-state index contributed by atoms with van der Waals surface area (Å²) in [7, 11) is 0. The normalized spacial score (nSPS) is 10.2. The van der Waals surface area contributed by atoms with Gasteiger partial charge in [0, 0.05) is 5.56 Å². The Labute approximate surface area is 108 Å². The summed E-state index contributed by atoms with van der Waals surface area (Å²) in [4.78, 5) is 18.0. The number of ether oxygens (including phenoxy) is 1. The molecule has 0 spiro atoms. The van der Waals surface area contributed by atoms with Crippen molar-refractivity contribution in [3.63, 3.8) is 0 Å². The van der Waals surface area contributed by atoms with Crippen molar-refractivity contribution < 1.29 is 19.0 Å². The van der Waals surface area contributed by atoms with Gasteiger partial charge < -0.3 is 9.84 Å². The Bertz CT molecular complexity index is 599. The van der Waals surface area contributed by atoms with Crippen LogP contribution in [0.25, 0.3) is 11.3 Å². The van der Waals surface area contributed by atoms with E-state index in [-0.39, 0.29) is 5.69 Å². The fourth-order valence-electron chi connectivity index (χ4n) is 1.60. The average molecular weight is 262 g/mol. The van der Waals surface area contributed by atoms with Gasteiger partial charge in [0.1, 0.15) is 17.8 Å². The molecule has 2 rings (SSSR count). The van der Waals surface area contributed by atoms with E-state index in [1.807, 2.05) is 6.92 Å². The molecule has 0 aliphatic rings. The topological polar surface area (TPSA) is 72.3 Å². The molecule has 6 heteroatoms. The van der Waals surface area contributed by atoms with Crippen molar-refractivity contribution in [2.24, 2.45) is 0 Å². The molecule has 1 aromatic heterocycles. The summed E-state index contributed by atoms with van der Waals surface area (Å²) < 4.78 is 19.2. The molecule has 0 aliphatic carbocycles. The molecule has 0 aliphatic heterocycles. The predicted octanol–water partition coefficient (Wildman–Crippen LogP) is 2.38. The fourth-order valence-corrected chi connectivity index (χ4v) is 1.60. The molecular formula is C13H11FN2O3. The largest absolute Gasteiger partial charge is 0.494 e. The number of aromatic carboxylic acids is 1. The summed E-state index contributed by atoms with van der Waals surface area (Å²) >= 11 is 0. The van der Waals surface area contributed by atoms with E-state index in [2.05, 4.69) is 9.97 Å². The van der Waals surface area contributed by atoms with E-state index >= 15 is 0 Å². The zero-order valence-electron chi connectivity index (χ0n) is 10.1. The standard InChI is InChI=1S/C13H11FN2O3/c1-2-19-9-5-3-8(4-6-9)11-10(14)12(13(17)18)16-7-15-11/h3-7H,2H2,1H3,(H,17,18). The zero-order valence-corrected chi connectivity index (χ0v) is 10.1. The van der Waals surface area contributed by atoms with E-state index in [0.717, 1.165) is 6.33 Å². The minimum atomic E-state index is -1.42. The Hall–Kier alpha value is -2.50. The Balaban J connectivity index is 2.41. The van der Waals surface area contributed by atoms with E-state index in [1.165, 1.54) is 0 Å². The fraction of sp³-hybridized carbons (Fsp3) is 0.154. The number of rotatable bonds is 4. The third-order valence-corrected chi connectivity index (χ3v) is 2.43. The molecule has 2 aromatic rings. The molecule has 1 N–H and O–H groups in total. The lowest BCUT2D eigenvalue weighted by Gasteiger charge is -2.06. The van der Waals surface area contributed by atoms with Crippen LogP contribution in [0.5, 0.6) is 5.75 Å². The Morgan fingerprint density at radius 2 is 2.00 bits per heavy atom. The Morgan fingerprint density at radius 3 is 2.58 bits per heavy atom. The van der Waals surface area contributed by atoms with E-state index < -0.39 is 17.5 Å². The Morgan fingerprint density at radius 1 is 1.32 bits per heavy atom. The van der Waals surface area contributed by atoms with Crippen molar-refractivity contribution in [1.82, 2.24) is 9.97 Å². The van der Waals surface area contributed by atoms with Gasteiger partial charge in [-0.15, -0.1) is 0 Å². The van der Waals surface area contributed by atoms with E-state index in [4.69, 9.17) is 9.84 Å². The van der Waals surface area contributed by atoms with Crippen molar-refractivity contribution in [2.45, 2.75) is 6.92 Å². The van der Waals surface area contributed by atoms with Crippen LogP contribution in [0.15, 0.2) is 30.6 Å². The molecule has 0 saturated heterocycles. The van der Waals surface area contributed by atoms with Gasteiger partial charge >= 0.3 is 5.97 Å². The second-order valence-electron chi connectivity index (χ2n) is 3.65. The maximum atomic E-state index is 13.9. The minimum Gasteiger partial charge on any atom is -0.494 e. The van der Waals surface area contributed by atoms with Gasteiger partial charge in [-0.2, -0.15) is 0 Å².